The van der Waals surface area contributed by atoms with Gasteiger partial charge in [-0.15, -0.1) is 0 Å². The summed E-state index contributed by atoms with van der Waals surface area (Å²) < 4.78 is 7.97. The first kappa shape index (κ1) is 22.1. The van der Waals surface area contributed by atoms with Crippen molar-refractivity contribution in [1.29, 1.82) is 0 Å². The number of allylic oxidation sites excluding steroid dienone is 4. The normalized spacial score (nSPS) is 15.5. The van der Waals surface area contributed by atoms with Crippen LogP contribution in [0.25, 0.3) is 11.1 Å². The summed E-state index contributed by atoms with van der Waals surface area (Å²) in [4.78, 5) is 0. The average Bonchev–Trinajstić information content (AvgIpc) is 3.27. The van der Waals surface area contributed by atoms with E-state index < -0.39 is 23.2 Å². The Morgan fingerprint density at radius 1 is 1.00 bits per heavy atom. The van der Waals surface area contributed by atoms with Crippen molar-refractivity contribution in [3.63, 3.8) is 0 Å². The number of fused-ring (bicyclic) bond motifs is 3. The van der Waals surface area contributed by atoms with Crippen LogP contribution in [0.1, 0.15) is 21.2 Å². The summed E-state index contributed by atoms with van der Waals surface area (Å²) in [7, 11) is 5.73. The van der Waals surface area contributed by atoms with Gasteiger partial charge in [-0.1, -0.05) is 0 Å². The third-order valence-corrected chi connectivity index (χ3v) is 9.04. The molecule has 27 heavy (non-hydrogen) atoms. The molecule has 0 heterocycles. The maximum atomic E-state index is 5.77. The molecule has 1 atom stereocenters. The van der Waals surface area contributed by atoms with E-state index in [-0.39, 0.29) is 24.8 Å². The van der Waals surface area contributed by atoms with Crippen molar-refractivity contribution in [2.75, 3.05) is 31.8 Å². The molecule has 0 saturated heterocycles. The largest absolute Gasteiger partial charge is 1.00 e. The van der Waals surface area contributed by atoms with E-state index in [4.69, 9.17) is 4.74 Å². The molecule has 2 aromatic carbocycles. The number of hydrogen-bond acceptors (Lipinski definition) is 3. The molecule has 1 unspecified atom stereocenters. The summed E-state index contributed by atoms with van der Waals surface area (Å²) in [6, 6.07) is 11.2. The van der Waals surface area contributed by atoms with Crippen molar-refractivity contribution in [3.05, 3.63) is 63.0 Å². The van der Waals surface area contributed by atoms with Crippen LogP contribution in [0.15, 0.2) is 51.8 Å². The number of nitrogens with one attached hydrogen (secondary N) is 2. The number of ether oxygens (including phenoxy) is 1. The van der Waals surface area contributed by atoms with Gasteiger partial charge in [0.15, 0.2) is 0 Å². The third-order valence-electron chi connectivity index (χ3n) is 4.97. The van der Waals surface area contributed by atoms with Gasteiger partial charge in [0.05, 0.1) is 0 Å². The third kappa shape index (κ3) is 3.99. The minimum atomic E-state index is -0.770. The first-order chi connectivity index (χ1) is 12.2. The summed E-state index contributed by atoms with van der Waals surface area (Å²) in [5, 5.41) is 6.59. The van der Waals surface area contributed by atoms with Gasteiger partial charge in [-0.25, -0.2) is 0 Å². The molecule has 6 heteroatoms. The molecule has 0 aliphatic heterocycles. The molecule has 2 N–H and O–H groups in total. The number of hydrogen-bond donors (Lipinski definition) is 2. The Balaban J connectivity index is 0.00000131. The van der Waals surface area contributed by atoms with E-state index in [0.29, 0.717) is 3.63 Å². The molecular formula is C21H22Cl2N2OZr. The zero-order chi connectivity index (χ0) is 17.4. The number of benzene rings is 2. The van der Waals surface area contributed by atoms with Gasteiger partial charge in [-0.3, -0.25) is 0 Å². The summed E-state index contributed by atoms with van der Waals surface area (Å²) in [6.45, 7) is 0. The maximum absolute atomic E-state index is 5.77. The van der Waals surface area contributed by atoms with Gasteiger partial charge in [-0.05, 0) is 0 Å². The minimum absolute atomic E-state index is 0. The van der Waals surface area contributed by atoms with Crippen molar-refractivity contribution in [1.82, 2.24) is 0 Å². The quantitative estimate of drug-likeness (QED) is 0.563. The Hall–Kier alpha value is -1.22. The molecule has 0 radical (unpaired) electrons. The number of halogens is 2. The average molecular weight is 481 g/mol. The standard InChI is InChI=1S/C16H17N2O.C5H5.2ClH.Zr/c1-17-12-4-5-14-10(7-12)6-11-8-13(18-2)9-15(19-3)16(11)14;1-2-4-5-3-1;;;/h4-9,17-18H,1-3H3;1-3H,4H2;2*1H;/q;;;;+2/p-2. The van der Waals surface area contributed by atoms with Crippen molar-refractivity contribution < 1.29 is 52.8 Å². The van der Waals surface area contributed by atoms with Crippen molar-refractivity contribution in [2.45, 2.75) is 10.0 Å². The summed E-state index contributed by atoms with van der Waals surface area (Å²) in [6.07, 6.45) is 7.97. The Bertz CT molecular complexity index is 896. The maximum Gasteiger partial charge on any atom is -1.00 e. The van der Waals surface area contributed by atoms with Gasteiger partial charge in [0, 0.05) is 0 Å². The van der Waals surface area contributed by atoms with E-state index in [1.165, 1.54) is 27.9 Å². The second-order valence-electron chi connectivity index (χ2n) is 6.35. The van der Waals surface area contributed by atoms with Crippen LogP contribution < -0.4 is 40.2 Å². The predicted octanol–water partition coefficient (Wildman–Crippen LogP) is -1.22. The van der Waals surface area contributed by atoms with Crippen LogP contribution in [-0.2, 0) is 23.2 Å². The Morgan fingerprint density at radius 3 is 2.37 bits per heavy atom. The van der Waals surface area contributed by atoms with Crippen LogP contribution in [0, 0.1) is 0 Å². The zero-order valence-corrected chi connectivity index (χ0v) is 19.5. The van der Waals surface area contributed by atoms with Gasteiger partial charge in [0.25, 0.3) is 0 Å². The molecule has 2 aliphatic rings. The smallest absolute Gasteiger partial charge is 1.00 e. The molecule has 0 saturated carbocycles. The minimum Gasteiger partial charge on any atom is -1.00 e. The first-order valence-electron chi connectivity index (χ1n) is 8.59. The summed E-state index contributed by atoms with van der Waals surface area (Å²) in [5.74, 6) is 0.973. The second kappa shape index (κ2) is 9.32. The molecule has 2 aliphatic carbocycles. The van der Waals surface area contributed by atoms with E-state index in [1.807, 2.05) is 14.1 Å². The van der Waals surface area contributed by atoms with E-state index in [2.05, 4.69) is 59.2 Å². The van der Waals surface area contributed by atoms with Crippen molar-refractivity contribution in [2.24, 2.45) is 0 Å². The first-order valence-corrected chi connectivity index (χ1v) is 11.2. The summed E-state index contributed by atoms with van der Waals surface area (Å²) in [5.41, 5.74) is 7.84. The molecule has 140 valence electrons. The fourth-order valence-corrected chi connectivity index (χ4v) is 7.58. The van der Waals surface area contributed by atoms with E-state index >= 15 is 0 Å². The second-order valence-corrected chi connectivity index (χ2v) is 10.1. The fourth-order valence-electron chi connectivity index (χ4n) is 3.71. The molecule has 3 nitrogen and oxygen atoms in total. The van der Waals surface area contributed by atoms with Crippen LogP contribution >= 0.6 is 0 Å². The number of rotatable bonds is 5. The fraction of sp³-hybridized carbons (Fsp3) is 0.238. The topological polar surface area (TPSA) is 33.3 Å². The summed E-state index contributed by atoms with van der Waals surface area (Å²) >= 11 is -0.770. The van der Waals surface area contributed by atoms with Gasteiger partial charge in [0.2, 0.25) is 0 Å². The monoisotopic (exact) mass is 478 g/mol. The van der Waals surface area contributed by atoms with Gasteiger partial charge in [0.1, 0.15) is 0 Å². The Labute approximate surface area is 185 Å². The van der Waals surface area contributed by atoms with Crippen LogP contribution in [-0.4, -0.2) is 21.2 Å². The number of methoxy groups -OCH3 is 1. The van der Waals surface area contributed by atoms with Crippen LogP contribution in [0.3, 0.4) is 0 Å². The molecule has 0 spiro atoms. The van der Waals surface area contributed by atoms with Gasteiger partial charge < -0.3 is 24.8 Å². The molecule has 0 fully saturated rings. The van der Waals surface area contributed by atoms with Crippen LogP contribution in [0.4, 0.5) is 11.4 Å². The van der Waals surface area contributed by atoms with E-state index in [0.717, 1.165) is 17.9 Å². The molecule has 4 rings (SSSR count). The van der Waals surface area contributed by atoms with Gasteiger partial charge in [-0.2, -0.15) is 0 Å². The molecule has 2 aromatic rings. The van der Waals surface area contributed by atoms with Crippen molar-refractivity contribution >= 4 is 11.4 Å². The SMILES string of the molecule is CNc1ccc2c(c1)[CH]([Zr+2][C]1=CC=CC1)c1cc(NC)cc(OC)c1-2.[Cl-].[Cl-]. The Morgan fingerprint density at radius 2 is 1.74 bits per heavy atom. The van der Waals surface area contributed by atoms with Crippen LogP contribution in [0.5, 0.6) is 5.75 Å². The molecular weight excluding hydrogens is 458 g/mol. The zero-order valence-electron chi connectivity index (χ0n) is 15.6. The molecule has 0 bridgehead atoms. The van der Waals surface area contributed by atoms with E-state index in [1.54, 1.807) is 10.4 Å². The molecule has 0 amide bonds. The van der Waals surface area contributed by atoms with Crippen molar-refractivity contribution in [3.8, 4) is 16.9 Å². The number of anilines is 2. The molecule has 0 aromatic heterocycles. The van der Waals surface area contributed by atoms with Crippen LogP contribution in [0.2, 0.25) is 0 Å². The Kier molecular flexibility index (Phi) is 7.62. The van der Waals surface area contributed by atoms with E-state index in [9.17, 15) is 0 Å². The van der Waals surface area contributed by atoms with Gasteiger partial charge >= 0.3 is 161 Å². The predicted molar refractivity (Wildman–Crippen MR) is 101 cm³/mol.